The van der Waals surface area contributed by atoms with Gasteiger partial charge >= 0.3 is 0 Å². The van der Waals surface area contributed by atoms with Gasteiger partial charge in [-0.15, -0.1) is 0 Å². The molecule has 2 amide bonds. The van der Waals surface area contributed by atoms with Gasteiger partial charge in [-0.05, 0) is 30.5 Å². The van der Waals surface area contributed by atoms with Crippen LogP contribution in [0.15, 0.2) is 29.4 Å². The van der Waals surface area contributed by atoms with Crippen molar-refractivity contribution in [1.82, 2.24) is 10.2 Å². The monoisotopic (exact) mass is 359 g/mol. The van der Waals surface area contributed by atoms with E-state index in [1.807, 2.05) is 0 Å². The first-order valence-corrected chi connectivity index (χ1v) is 9.11. The first kappa shape index (κ1) is 17.0. The Morgan fingerprint density at radius 2 is 2.08 bits per heavy atom. The van der Waals surface area contributed by atoms with Gasteiger partial charge in [0.1, 0.15) is 17.1 Å². The maximum Gasteiger partial charge on any atom is 0.269 e. The Hall–Kier alpha value is -2.44. The van der Waals surface area contributed by atoms with Crippen molar-refractivity contribution in [3.63, 3.8) is 0 Å². The van der Waals surface area contributed by atoms with Crippen LogP contribution >= 0.6 is 0 Å². The highest BCUT2D eigenvalue weighted by atomic mass is 19.1. The smallest absolute Gasteiger partial charge is 0.269 e. The number of nitrogens with one attached hydrogen (secondary N) is 1. The lowest BCUT2D eigenvalue weighted by Crippen LogP contribution is -2.47. The van der Waals surface area contributed by atoms with Gasteiger partial charge in [0.2, 0.25) is 5.91 Å². The summed E-state index contributed by atoms with van der Waals surface area (Å²) < 4.78 is 13.3. The fourth-order valence-corrected chi connectivity index (χ4v) is 3.50. The minimum atomic E-state index is -0.466. The molecule has 0 aromatic heterocycles. The van der Waals surface area contributed by atoms with Crippen molar-refractivity contribution >= 4 is 17.5 Å². The summed E-state index contributed by atoms with van der Waals surface area (Å²) in [5, 5.41) is 6.93. The van der Waals surface area contributed by atoms with Crippen LogP contribution in [-0.4, -0.2) is 47.2 Å². The van der Waals surface area contributed by atoms with Crippen LogP contribution in [0.5, 0.6) is 0 Å². The molecule has 2 aliphatic heterocycles. The second-order valence-corrected chi connectivity index (χ2v) is 7.42. The number of carbonyl (C=O) groups is 2. The molecule has 1 saturated heterocycles. The minimum Gasteiger partial charge on any atom is -0.388 e. The number of amides is 2. The zero-order valence-corrected chi connectivity index (χ0v) is 14.5. The summed E-state index contributed by atoms with van der Waals surface area (Å²) in [6.07, 6.45) is 4.05. The summed E-state index contributed by atoms with van der Waals surface area (Å²) in [6.45, 7) is 1.11. The molecule has 1 aliphatic carbocycles. The van der Waals surface area contributed by atoms with E-state index in [2.05, 4.69) is 10.5 Å². The molecule has 2 heterocycles. The Labute approximate surface area is 151 Å². The normalized spacial score (nSPS) is 21.3. The van der Waals surface area contributed by atoms with Crippen LogP contribution in [0.3, 0.4) is 0 Å². The van der Waals surface area contributed by atoms with E-state index in [1.165, 1.54) is 12.1 Å². The molecular formula is C19H22FN3O3. The Kier molecular flexibility index (Phi) is 4.38. The van der Waals surface area contributed by atoms with Crippen LogP contribution in [-0.2, 0) is 20.8 Å². The molecule has 6 nitrogen and oxygen atoms in total. The number of rotatable bonds is 4. The fraction of sp³-hybridized carbons (Fsp3) is 0.526. The molecule has 1 spiro atoms. The SMILES string of the molecule is O=C(NC1CC1)C1=NOC2(CCN(C(=O)Cc3cccc(F)c3)CC2)C1. The molecule has 1 N–H and O–H groups in total. The van der Waals surface area contributed by atoms with Crippen molar-refractivity contribution < 1.29 is 18.8 Å². The zero-order valence-electron chi connectivity index (χ0n) is 14.5. The molecule has 138 valence electrons. The maximum atomic E-state index is 13.3. The molecule has 1 aromatic carbocycles. The molecule has 7 heteroatoms. The number of oxime groups is 1. The van der Waals surface area contributed by atoms with Crippen LogP contribution in [0.4, 0.5) is 4.39 Å². The molecule has 0 bridgehead atoms. The van der Waals surface area contributed by atoms with Crippen molar-refractivity contribution in [1.29, 1.82) is 0 Å². The van der Waals surface area contributed by atoms with E-state index in [-0.39, 0.29) is 24.1 Å². The summed E-state index contributed by atoms with van der Waals surface area (Å²) in [7, 11) is 0. The Bertz CT molecular complexity index is 752. The van der Waals surface area contributed by atoms with Gasteiger partial charge in [0, 0.05) is 38.4 Å². The van der Waals surface area contributed by atoms with Crippen LogP contribution in [0.2, 0.25) is 0 Å². The molecular weight excluding hydrogens is 337 g/mol. The highest BCUT2D eigenvalue weighted by molar-refractivity contribution is 6.39. The largest absolute Gasteiger partial charge is 0.388 e. The molecule has 26 heavy (non-hydrogen) atoms. The predicted octanol–water partition coefficient (Wildman–Crippen LogP) is 1.78. The van der Waals surface area contributed by atoms with Crippen LogP contribution in [0, 0.1) is 5.82 Å². The Morgan fingerprint density at radius 3 is 2.77 bits per heavy atom. The first-order chi connectivity index (χ1) is 12.5. The second-order valence-electron chi connectivity index (χ2n) is 7.42. The Balaban J connectivity index is 1.29. The van der Waals surface area contributed by atoms with Crippen LogP contribution < -0.4 is 5.32 Å². The number of piperidine rings is 1. The van der Waals surface area contributed by atoms with E-state index < -0.39 is 5.60 Å². The lowest BCUT2D eigenvalue weighted by atomic mass is 9.86. The standard InChI is InChI=1S/C19H22FN3O3/c20-14-3-1-2-13(10-14)11-17(24)23-8-6-19(7-9-23)12-16(22-26-19)18(25)21-15-4-5-15/h1-3,10,15H,4-9,11-12H2,(H,21,25). The van der Waals surface area contributed by atoms with Crippen LogP contribution in [0.25, 0.3) is 0 Å². The van der Waals surface area contributed by atoms with Crippen molar-refractivity contribution in [2.75, 3.05) is 13.1 Å². The number of hydrogen-bond acceptors (Lipinski definition) is 4. The van der Waals surface area contributed by atoms with Crippen molar-refractivity contribution in [2.45, 2.75) is 50.2 Å². The summed E-state index contributed by atoms with van der Waals surface area (Å²) in [4.78, 5) is 32.0. The van der Waals surface area contributed by atoms with Gasteiger partial charge in [-0.2, -0.15) is 0 Å². The van der Waals surface area contributed by atoms with E-state index in [0.29, 0.717) is 49.7 Å². The third kappa shape index (κ3) is 3.71. The number of nitrogens with zero attached hydrogens (tertiary/aromatic N) is 2. The number of benzene rings is 1. The third-order valence-electron chi connectivity index (χ3n) is 5.29. The number of likely N-dealkylation sites (tertiary alicyclic amines) is 1. The highest BCUT2D eigenvalue weighted by Crippen LogP contribution is 2.35. The number of hydrogen-bond donors (Lipinski definition) is 1. The van der Waals surface area contributed by atoms with Gasteiger partial charge in [-0.1, -0.05) is 17.3 Å². The number of halogens is 1. The maximum absolute atomic E-state index is 13.3. The predicted molar refractivity (Wildman–Crippen MR) is 93.0 cm³/mol. The van der Waals surface area contributed by atoms with E-state index in [9.17, 15) is 14.0 Å². The highest BCUT2D eigenvalue weighted by Gasteiger charge is 2.44. The molecule has 0 unspecified atom stereocenters. The van der Waals surface area contributed by atoms with E-state index >= 15 is 0 Å². The lowest BCUT2D eigenvalue weighted by Gasteiger charge is -2.37. The average Bonchev–Trinajstić information content (AvgIpc) is 3.34. The summed E-state index contributed by atoms with van der Waals surface area (Å²) in [6, 6.07) is 6.42. The fourth-order valence-electron chi connectivity index (χ4n) is 3.50. The molecule has 4 rings (SSSR count). The first-order valence-electron chi connectivity index (χ1n) is 9.11. The lowest BCUT2D eigenvalue weighted by molar-refractivity contribution is -0.136. The van der Waals surface area contributed by atoms with Gasteiger partial charge in [-0.25, -0.2) is 4.39 Å². The molecule has 0 radical (unpaired) electrons. The second kappa shape index (κ2) is 6.70. The van der Waals surface area contributed by atoms with E-state index in [4.69, 9.17) is 4.84 Å². The third-order valence-corrected chi connectivity index (χ3v) is 5.29. The molecule has 2 fully saturated rings. The van der Waals surface area contributed by atoms with Gasteiger partial charge in [0.25, 0.3) is 5.91 Å². The van der Waals surface area contributed by atoms with Gasteiger partial charge in [0.15, 0.2) is 0 Å². The van der Waals surface area contributed by atoms with Crippen LogP contribution in [0.1, 0.15) is 37.7 Å². The summed E-state index contributed by atoms with van der Waals surface area (Å²) in [5.74, 6) is -0.480. The minimum absolute atomic E-state index is 0.0175. The zero-order chi connectivity index (χ0) is 18.1. The van der Waals surface area contributed by atoms with Gasteiger partial charge in [0.05, 0.1) is 6.42 Å². The van der Waals surface area contributed by atoms with Crippen molar-refractivity contribution in [3.05, 3.63) is 35.6 Å². The van der Waals surface area contributed by atoms with E-state index in [1.54, 1.807) is 17.0 Å². The number of carbonyl (C=O) groups excluding carboxylic acids is 2. The molecule has 3 aliphatic rings. The van der Waals surface area contributed by atoms with Crippen molar-refractivity contribution in [3.8, 4) is 0 Å². The quantitative estimate of drug-likeness (QED) is 0.891. The Morgan fingerprint density at radius 1 is 1.31 bits per heavy atom. The summed E-state index contributed by atoms with van der Waals surface area (Å²) >= 11 is 0. The van der Waals surface area contributed by atoms with E-state index in [0.717, 1.165) is 12.8 Å². The topological polar surface area (TPSA) is 71.0 Å². The summed E-state index contributed by atoms with van der Waals surface area (Å²) in [5.41, 5.74) is 0.664. The van der Waals surface area contributed by atoms with Crippen molar-refractivity contribution in [2.24, 2.45) is 5.16 Å². The van der Waals surface area contributed by atoms with Gasteiger partial charge in [-0.3, -0.25) is 9.59 Å². The average molecular weight is 359 g/mol. The molecule has 0 atom stereocenters. The molecule has 1 aromatic rings. The molecule has 1 saturated carbocycles. The van der Waals surface area contributed by atoms with Gasteiger partial charge < -0.3 is 15.1 Å².